The Labute approximate surface area is 176 Å². The fraction of sp³-hybridized carbons (Fsp3) is 0.333. The van der Waals surface area contributed by atoms with Gasteiger partial charge >= 0.3 is 0 Å². The predicted octanol–water partition coefficient (Wildman–Crippen LogP) is 5.04. The van der Waals surface area contributed by atoms with E-state index in [-0.39, 0.29) is 11.8 Å². The first-order chi connectivity index (χ1) is 13.9. The average Bonchev–Trinajstić information content (AvgIpc) is 2.95. The van der Waals surface area contributed by atoms with Crippen molar-refractivity contribution in [3.8, 4) is 0 Å². The summed E-state index contributed by atoms with van der Waals surface area (Å²) in [6.07, 6.45) is 3.21. The Morgan fingerprint density at radius 1 is 0.828 bits per heavy atom. The van der Waals surface area contributed by atoms with E-state index in [0.29, 0.717) is 22.0 Å². The van der Waals surface area contributed by atoms with Gasteiger partial charge in [-0.1, -0.05) is 41.4 Å². The van der Waals surface area contributed by atoms with Gasteiger partial charge in [0.05, 0.1) is 11.3 Å². The van der Waals surface area contributed by atoms with Crippen LogP contribution in [0.2, 0.25) is 5.02 Å². The maximum Gasteiger partial charge on any atom is 0.282 e. The van der Waals surface area contributed by atoms with Crippen LogP contribution in [0, 0.1) is 20.8 Å². The molecule has 0 bridgehead atoms. The van der Waals surface area contributed by atoms with Gasteiger partial charge in [-0.2, -0.15) is 0 Å². The zero-order chi connectivity index (χ0) is 20.7. The van der Waals surface area contributed by atoms with Gasteiger partial charge in [-0.25, -0.2) is 4.90 Å². The molecular formula is C24H25ClN2O2. The summed E-state index contributed by atoms with van der Waals surface area (Å²) in [6.45, 7) is 7.51. The van der Waals surface area contributed by atoms with Gasteiger partial charge in [-0.05, 0) is 68.9 Å². The summed E-state index contributed by atoms with van der Waals surface area (Å²) in [5, 5.41) is 0.505. The first-order valence-corrected chi connectivity index (χ1v) is 10.5. The lowest BCUT2D eigenvalue weighted by molar-refractivity contribution is -0.120. The van der Waals surface area contributed by atoms with E-state index in [0.717, 1.165) is 54.6 Å². The number of piperidine rings is 1. The third kappa shape index (κ3) is 3.46. The Morgan fingerprint density at radius 2 is 1.55 bits per heavy atom. The molecule has 0 aromatic heterocycles. The summed E-state index contributed by atoms with van der Waals surface area (Å²) in [5.74, 6) is -0.523. The average molecular weight is 409 g/mol. The summed E-state index contributed by atoms with van der Waals surface area (Å²) in [7, 11) is 0. The van der Waals surface area contributed by atoms with Crippen molar-refractivity contribution in [2.75, 3.05) is 18.0 Å². The van der Waals surface area contributed by atoms with E-state index in [1.54, 1.807) is 12.1 Å². The third-order valence-electron chi connectivity index (χ3n) is 5.80. The summed E-state index contributed by atoms with van der Waals surface area (Å²) < 4.78 is 0. The van der Waals surface area contributed by atoms with E-state index < -0.39 is 0 Å². The maximum atomic E-state index is 13.6. The van der Waals surface area contributed by atoms with Gasteiger partial charge in [-0.3, -0.25) is 9.59 Å². The number of hydrogen-bond acceptors (Lipinski definition) is 3. The van der Waals surface area contributed by atoms with Crippen LogP contribution in [0.3, 0.4) is 0 Å². The molecular weight excluding hydrogens is 384 g/mol. The lowest BCUT2D eigenvalue weighted by Gasteiger charge is -2.30. The Hall–Kier alpha value is -2.59. The highest BCUT2D eigenvalue weighted by Gasteiger charge is 2.43. The van der Waals surface area contributed by atoms with E-state index in [2.05, 4.69) is 11.0 Å². The van der Waals surface area contributed by atoms with Crippen molar-refractivity contribution in [1.29, 1.82) is 0 Å². The number of anilines is 1. The monoisotopic (exact) mass is 408 g/mol. The van der Waals surface area contributed by atoms with Gasteiger partial charge in [0.25, 0.3) is 11.8 Å². The molecule has 0 N–H and O–H groups in total. The molecule has 2 aromatic rings. The third-order valence-corrected chi connectivity index (χ3v) is 6.03. The van der Waals surface area contributed by atoms with Crippen molar-refractivity contribution in [2.45, 2.75) is 40.0 Å². The molecule has 5 heteroatoms. The lowest BCUT2D eigenvalue weighted by Crippen LogP contribution is -2.37. The number of rotatable bonds is 3. The molecule has 0 saturated carbocycles. The van der Waals surface area contributed by atoms with Gasteiger partial charge in [0.2, 0.25) is 0 Å². The van der Waals surface area contributed by atoms with Crippen LogP contribution in [0.4, 0.5) is 5.69 Å². The first kappa shape index (κ1) is 19.7. The van der Waals surface area contributed by atoms with Crippen LogP contribution in [0.1, 0.15) is 41.5 Å². The number of amides is 2. The van der Waals surface area contributed by atoms with E-state index in [9.17, 15) is 9.59 Å². The molecule has 2 aromatic carbocycles. The second-order valence-corrected chi connectivity index (χ2v) is 8.40. The quantitative estimate of drug-likeness (QED) is 0.668. The highest BCUT2D eigenvalue weighted by Crippen LogP contribution is 2.38. The van der Waals surface area contributed by atoms with Gasteiger partial charge in [-0.15, -0.1) is 0 Å². The summed E-state index contributed by atoms with van der Waals surface area (Å²) in [6, 6.07) is 11.3. The maximum absolute atomic E-state index is 13.6. The van der Waals surface area contributed by atoms with Gasteiger partial charge < -0.3 is 4.90 Å². The Bertz CT molecular complexity index is 1040. The molecule has 1 saturated heterocycles. The Morgan fingerprint density at radius 3 is 2.24 bits per heavy atom. The van der Waals surface area contributed by atoms with Crippen LogP contribution >= 0.6 is 11.6 Å². The van der Waals surface area contributed by atoms with Crippen LogP contribution in [0.15, 0.2) is 42.1 Å². The highest BCUT2D eigenvalue weighted by atomic mass is 35.5. The SMILES string of the molecule is Cc1ccc(C2=C(N3CCCCC3)C(=O)N(c3cc(Cl)ccc3C)C2=O)c(C)c1. The lowest BCUT2D eigenvalue weighted by atomic mass is 9.96. The largest absolute Gasteiger partial charge is 0.366 e. The zero-order valence-corrected chi connectivity index (χ0v) is 17.8. The summed E-state index contributed by atoms with van der Waals surface area (Å²) in [5.41, 5.74) is 5.40. The van der Waals surface area contributed by atoms with Gasteiger partial charge in [0.1, 0.15) is 5.70 Å². The number of carbonyl (C=O) groups excluding carboxylic acids is 2. The van der Waals surface area contributed by atoms with Crippen molar-refractivity contribution in [3.05, 3.63) is 69.4 Å². The van der Waals surface area contributed by atoms with Crippen molar-refractivity contribution in [2.24, 2.45) is 0 Å². The Balaban J connectivity index is 1.89. The van der Waals surface area contributed by atoms with Crippen molar-refractivity contribution in [3.63, 3.8) is 0 Å². The minimum Gasteiger partial charge on any atom is -0.366 e. The molecule has 4 rings (SSSR count). The molecule has 2 aliphatic heterocycles. The first-order valence-electron chi connectivity index (χ1n) is 10.1. The van der Waals surface area contributed by atoms with Crippen LogP contribution in [0.5, 0.6) is 0 Å². The normalized spacial score (nSPS) is 17.5. The summed E-state index contributed by atoms with van der Waals surface area (Å²) >= 11 is 6.20. The molecule has 0 atom stereocenters. The van der Waals surface area contributed by atoms with E-state index >= 15 is 0 Å². The number of likely N-dealkylation sites (tertiary alicyclic amines) is 1. The summed E-state index contributed by atoms with van der Waals surface area (Å²) in [4.78, 5) is 30.7. The fourth-order valence-corrected chi connectivity index (χ4v) is 4.47. The molecule has 0 radical (unpaired) electrons. The number of hydrogen-bond donors (Lipinski definition) is 0. The minimum absolute atomic E-state index is 0.253. The molecule has 0 aliphatic carbocycles. The van der Waals surface area contributed by atoms with Crippen molar-refractivity contribution >= 4 is 34.7 Å². The number of carbonyl (C=O) groups is 2. The standard InChI is InChI=1S/C24H25ClN2O2/c1-15-7-10-19(17(3)13-15)21-22(26-11-5-4-6-12-26)24(29)27(23(21)28)20-14-18(25)9-8-16(20)2/h7-10,13-14H,4-6,11-12H2,1-3H3. The number of benzene rings is 2. The molecule has 0 spiro atoms. The number of imide groups is 1. The molecule has 150 valence electrons. The molecule has 4 nitrogen and oxygen atoms in total. The van der Waals surface area contributed by atoms with Crippen LogP contribution in [-0.2, 0) is 9.59 Å². The van der Waals surface area contributed by atoms with E-state index in [1.807, 2.05) is 39.0 Å². The Kier molecular flexibility index (Phi) is 5.22. The second-order valence-electron chi connectivity index (χ2n) is 7.97. The van der Waals surface area contributed by atoms with Crippen molar-refractivity contribution < 1.29 is 9.59 Å². The zero-order valence-electron chi connectivity index (χ0n) is 17.1. The highest BCUT2D eigenvalue weighted by molar-refractivity contribution is 6.46. The predicted molar refractivity (Wildman–Crippen MR) is 117 cm³/mol. The molecule has 2 heterocycles. The number of aryl methyl sites for hydroxylation is 3. The van der Waals surface area contributed by atoms with Gasteiger partial charge in [0, 0.05) is 18.1 Å². The van der Waals surface area contributed by atoms with Gasteiger partial charge in [0.15, 0.2) is 0 Å². The molecule has 29 heavy (non-hydrogen) atoms. The number of nitrogens with zero attached hydrogens (tertiary/aromatic N) is 2. The van der Waals surface area contributed by atoms with E-state index in [1.165, 1.54) is 4.90 Å². The second kappa shape index (κ2) is 7.68. The van der Waals surface area contributed by atoms with E-state index in [4.69, 9.17) is 11.6 Å². The molecule has 2 aliphatic rings. The van der Waals surface area contributed by atoms with Crippen LogP contribution in [0.25, 0.3) is 5.57 Å². The fourth-order valence-electron chi connectivity index (χ4n) is 4.31. The minimum atomic E-state index is -0.270. The topological polar surface area (TPSA) is 40.6 Å². The van der Waals surface area contributed by atoms with Crippen LogP contribution < -0.4 is 4.90 Å². The van der Waals surface area contributed by atoms with Crippen LogP contribution in [-0.4, -0.2) is 29.8 Å². The molecule has 0 unspecified atom stereocenters. The van der Waals surface area contributed by atoms with Crippen molar-refractivity contribution in [1.82, 2.24) is 4.90 Å². The molecule has 2 amide bonds. The number of halogens is 1. The molecule has 1 fully saturated rings. The smallest absolute Gasteiger partial charge is 0.282 e.